The SMILES string of the molecule is COC(=O)c1cccc(NC(=O)c2nc(C(=O)NC(C)(C)C)n3c2CCCC3)c1. The lowest BCUT2D eigenvalue weighted by Gasteiger charge is -2.22. The molecule has 1 aromatic heterocycles. The first kappa shape index (κ1) is 20.6. The molecule has 1 aliphatic rings. The maximum Gasteiger partial charge on any atom is 0.337 e. The van der Waals surface area contributed by atoms with Gasteiger partial charge in [-0.3, -0.25) is 9.59 Å². The Kier molecular flexibility index (Phi) is 5.72. The predicted molar refractivity (Wildman–Crippen MR) is 108 cm³/mol. The average molecular weight is 398 g/mol. The normalized spacial score (nSPS) is 13.4. The quantitative estimate of drug-likeness (QED) is 0.771. The van der Waals surface area contributed by atoms with Crippen LogP contribution >= 0.6 is 0 Å². The Morgan fingerprint density at radius 1 is 1.14 bits per heavy atom. The molecule has 8 nitrogen and oxygen atoms in total. The number of carbonyl (C=O) groups excluding carboxylic acids is 3. The minimum atomic E-state index is -0.485. The molecule has 3 rings (SSSR count). The van der Waals surface area contributed by atoms with Crippen molar-refractivity contribution < 1.29 is 19.1 Å². The van der Waals surface area contributed by atoms with Crippen LogP contribution in [0.2, 0.25) is 0 Å². The van der Waals surface area contributed by atoms with Crippen molar-refractivity contribution in [3.63, 3.8) is 0 Å². The molecule has 2 heterocycles. The number of hydrogen-bond acceptors (Lipinski definition) is 5. The van der Waals surface area contributed by atoms with Gasteiger partial charge in [0.1, 0.15) is 0 Å². The van der Waals surface area contributed by atoms with Crippen LogP contribution in [-0.2, 0) is 17.7 Å². The van der Waals surface area contributed by atoms with E-state index in [1.165, 1.54) is 7.11 Å². The predicted octanol–water partition coefficient (Wildman–Crippen LogP) is 2.79. The minimum Gasteiger partial charge on any atom is -0.465 e. The van der Waals surface area contributed by atoms with E-state index in [9.17, 15) is 14.4 Å². The zero-order valence-electron chi connectivity index (χ0n) is 17.2. The van der Waals surface area contributed by atoms with Crippen LogP contribution in [-0.4, -0.2) is 40.0 Å². The molecule has 1 aromatic carbocycles. The number of imidazole rings is 1. The lowest BCUT2D eigenvalue weighted by molar-refractivity contribution is 0.0600. The molecule has 29 heavy (non-hydrogen) atoms. The first-order valence-corrected chi connectivity index (χ1v) is 9.61. The van der Waals surface area contributed by atoms with E-state index in [4.69, 9.17) is 4.74 Å². The van der Waals surface area contributed by atoms with Gasteiger partial charge in [-0.25, -0.2) is 9.78 Å². The second kappa shape index (κ2) is 8.06. The second-order valence-electron chi connectivity index (χ2n) is 8.07. The molecule has 2 N–H and O–H groups in total. The second-order valence-corrected chi connectivity index (χ2v) is 8.07. The summed E-state index contributed by atoms with van der Waals surface area (Å²) in [6, 6.07) is 6.49. The molecule has 0 radical (unpaired) electrons. The highest BCUT2D eigenvalue weighted by molar-refractivity contribution is 6.05. The monoisotopic (exact) mass is 398 g/mol. The van der Waals surface area contributed by atoms with Gasteiger partial charge < -0.3 is 19.9 Å². The molecule has 1 aliphatic heterocycles. The molecule has 0 spiro atoms. The van der Waals surface area contributed by atoms with Gasteiger partial charge in [-0.2, -0.15) is 0 Å². The fraction of sp³-hybridized carbons (Fsp3) is 0.429. The number of aromatic nitrogens is 2. The summed E-state index contributed by atoms with van der Waals surface area (Å²) >= 11 is 0. The van der Waals surface area contributed by atoms with E-state index in [0.717, 1.165) is 18.5 Å². The minimum absolute atomic E-state index is 0.243. The first-order chi connectivity index (χ1) is 13.7. The highest BCUT2D eigenvalue weighted by Gasteiger charge is 2.29. The zero-order chi connectivity index (χ0) is 21.2. The number of nitrogens with zero attached hydrogens (tertiary/aromatic N) is 2. The number of nitrogens with one attached hydrogen (secondary N) is 2. The number of hydrogen-bond donors (Lipinski definition) is 2. The smallest absolute Gasteiger partial charge is 0.337 e. The summed E-state index contributed by atoms with van der Waals surface area (Å²) in [5.74, 6) is -0.940. The number of methoxy groups -OCH3 is 1. The summed E-state index contributed by atoms with van der Waals surface area (Å²) in [6.07, 6.45) is 2.55. The van der Waals surface area contributed by atoms with Crippen LogP contribution in [0.5, 0.6) is 0 Å². The molecule has 0 bridgehead atoms. The van der Waals surface area contributed by atoms with E-state index >= 15 is 0 Å². The van der Waals surface area contributed by atoms with Crippen molar-refractivity contribution >= 4 is 23.5 Å². The number of anilines is 1. The molecule has 154 valence electrons. The standard InChI is InChI=1S/C21H26N4O4/c1-21(2,3)24-19(27)17-23-16(15-10-5-6-11-25(15)17)18(26)22-14-9-7-8-13(12-14)20(28)29-4/h7-9,12H,5-6,10-11H2,1-4H3,(H,22,26)(H,24,27). The van der Waals surface area contributed by atoms with E-state index in [0.29, 0.717) is 24.2 Å². The van der Waals surface area contributed by atoms with E-state index in [1.54, 1.807) is 24.3 Å². The number of fused-ring (bicyclic) bond motifs is 1. The molecule has 0 saturated carbocycles. The molecule has 8 heteroatoms. The molecule has 2 aromatic rings. The van der Waals surface area contributed by atoms with Crippen LogP contribution in [0, 0.1) is 0 Å². The molecule has 0 saturated heterocycles. The van der Waals surface area contributed by atoms with Crippen molar-refractivity contribution in [3.05, 3.63) is 47.0 Å². The molecule has 2 amide bonds. The van der Waals surface area contributed by atoms with Crippen LogP contribution in [0.25, 0.3) is 0 Å². The summed E-state index contributed by atoms with van der Waals surface area (Å²) < 4.78 is 6.55. The fourth-order valence-electron chi connectivity index (χ4n) is 3.33. The van der Waals surface area contributed by atoms with Crippen molar-refractivity contribution in [2.45, 2.75) is 52.1 Å². The highest BCUT2D eigenvalue weighted by atomic mass is 16.5. The van der Waals surface area contributed by atoms with E-state index in [1.807, 2.05) is 25.3 Å². The van der Waals surface area contributed by atoms with Crippen LogP contribution in [0.1, 0.15) is 70.8 Å². The van der Waals surface area contributed by atoms with Gasteiger partial charge in [0.15, 0.2) is 11.5 Å². The van der Waals surface area contributed by atoms with E-state index in [-0.39, 0.29) is 17.4 Å². The average Bonchev–Trinajstić information content (AvgIpc) is 3.06. The summed E-state index contributed by atoms with van der Waals surface area (Å²) in [6.45, 7) is 6.34. The Hall–Kier alpha value is -3.16. The van der Waals surface area contributed by atoms with Gasteiger partial charge in [0, 0.05) is 17.8 Å². The molecule has 0 unspecified atom stereocenters. The number of esters is 1. The number of ether oxygens (including phenoxy) is 1. The maximum absolute atomic E-state index is 12.9. The molecule has 0 aliphatic carbocycles. The van der Waals surface area contributed by atoms with Crippen LogP contribution in [0.3, 0.4) is 0 Å². The number of benzene rings is 1. The Bertz CT molecular complexity index is 956. The molecular formula is C21H26N4O4. The molecular weight excluding hydrogens is 372 g/mol. The van der Waals surface area contributed by atoms with Gasteiger partial charge in [-0.1, -0.05) is 6.07 Å². The van der Waals surface area contributed by atoms with E-state index in [2.05, 4.69) is 15.6 Å². The van der Waals surface area contributed by atoms with Gasteiger partial charge in [0.05, 0.1) is 18.4 Å². The summed E-state index contributed by atoms with van der Waals surface area (Å²) in [7, 11) is 1.30. The van der Waals surface area contributed by atoms with Crippen LogP contribution < -0.4 is 10.6 Å². The summed E-state index contributed by atoms with van der Waals surface area (Å²) in [5.41, 5.74) is 1.39. The lowest BCUT2D eigenvalue weighted by Crippen LogP contribution is -2.42. The maximum atomic E-state index is 12.9. The van der Waals surface area contributed by atoms with Crippen molar-refractivity contribution in [3.8, 4) is 0 Å². The Morgan fingerprint density at radius 2 is 1.90 bits per heavy atom. The number of carbonyl (C=O) groups is 3. The van der Waals surface area contributed by atoms with Gasteiger partial charge in [-0.15, -0.1) is 0 Å². The van der Waals surface area contributed by atoms with Crippen LogP contribution in [0.4, 0.5) is 5.69 Å². The number of amides is 2. The van der Waals surface area contributed by atoms with Crippen molar-refractivity contribution in [1.82, 2.24) is 14.9 Å². The Morgan fingerprint density at radius 3 is 2.59 bits per heavy atom. The third-order valence-electron chi connectivity index (χ3n) is 4.57. The highest BCUT2D eigenvalue weighted by Crippen LogP contribution is 2.23. The third-order valence-corrected chi connectivity index (χ3v) is 4.57. The third kappa shape index (κ3) is 4.64. The Balaban J connectivity index is 1.89. The lowest BCUT2D eigenvalue weighted by atomic mass is 10.1. The topological polar surface area (TPSA) is 102 Å². The fourth-order valence-corrected chi connectivity index (χ4v) is 3.33. The Labute approximate surface area is 169 Å². The molecule has 0 atom stereocenters. The first-order valence-electron chi connectivity index (χ1n) is 9.61. The van der Waals surface area contributed by atoms with Gasteiger partial charge in [-0.05, 0) is 58.2 Å². The van der Waals surface area contributed by atoms with Crippen molar-refractivity contribution in [2.24, 2.45) is 0 Å². The van der Waals surface area contributed by atoms with Crippen LogP contribution in [0.15, 0.2) is 24.3 Å². The van der Waals surface area contributed by atoms with Gasteiger partial charge >= 0.3 is 5.97 Å². The summed E-state index contributed by atoms with van der Waals surface area (Å²) in [5, 5.41) is 5.68. The summed E-state index contributed by atoms with van der Waals surface area (Å²) in [4.78, 5) is 41.7. The van der Waals surface area contributed by atoms with Gasteiger partial charge in [0.25, 0.3) is 11.8 Å². The zero-order valence-corrected chi connectivity index (χ0v) is 17.2. The number of rotatable bonds is 4. The van der Waals surface area contributed by atoms with Gasteiger partial charge in [0.2, 0.25) is 0 Å². The molecule has 0 fully saturated rings. The largest absolute Gasteiger partial charge is 0.465 e. The van der Waals surface area contributed by atoms with E-state index < -0.39 is 17.4 Å². The van der Waals surface area contributed by atoms with Crippen molar-refractivity contribution in [1.29, 1.82) is 0 Å². The van der Waals surface area contributed by atoms with Crippen molar-refractivity contribution in [2.75, 3.05) is 12.4 Å².